The summed E-state index contributed by atoms with van der Waals surface area (Å²) in [5.41, 5.74) is 0.794. The molecule has 0 amide bonds. The number of halogens is 3. The van der Waals surface area contributed by atoms with Crippen LogP contribution < -0.4 is 0 Å². The molecule has 1 aromatic rings. The number of hydrogen-bond donors (Lipinski definition) is 0. The molecule has 1 aliphatic rings. The van der Waals surface area contributed by atoms with Crippen LogP contribution in [0.5, 0.6) is 0 Å². The number of esters is 1. The van der Waals surface area contributed by atoms with E-state index in [2.05, 4.69) is 4.74 Å². The number of rotatable bonds is 2. The van der Waals surface area contributed by atoms with Crippen LogP contribution in [0.4, 0.5) is 13.2 Å². The van der Waals surface area contributed by atoms with E-state index in [-0.39, 0.29) is 24.3 Å². The highest BCUT2D eigenvalue weighted by atomic mass is 19.3. The number of ether oxygens (including phenoxy) is 1. The predicted octanol–water partition coefficient (Wildman–Crippen LogP) is 3.43. The molecule has 0 bridgehead atoms. The highest BCUT2D eigenvalue weighted by molar-refractivity contribution is 5.91. The maximum absolute atomic E-state index is 13.8. The van der Waals surface area contributed by atoms with E-state index in [4.69, 9.17) is 0 Å². The SMILES string of the molecule is COC(=O)c1c(C)cc(C2CC(F)(F)C2)cc1F. The first-order chi connectivity index (χ1) is 8.34. The maximum Gasteiger partial charge on any atom is 0.341 e. The van der Waals surface area contributed by atoms with Crippen molar-refractivity contribution in [2.75, 3.05) is 7.11 Å². The summed E-state index contributed by atoms with van der Waals surface area (Å²) in [7, 11) is 1.17. The summed E-state index contributed by atoms with van der Waals surface area (Å²) in [5.74, 6) is -4.45. The average Bonchev–Trinajstić information content (AvgIpc) is 2.24. The molecule has 0 aliphatic heterocycles. The fourth-order valence-corrected chi connectivity index (χ4v) is 2.26. The first-order valence-corrected chi connectivity index (χ1v) is 5.60. The van der Waals surface area contributed by atoms with Crippen molar-refractivity contribution < 1.29 is 22.7 Å². The molecule has 0 spiro atoms. The first-order valence-electron chi connectivity index (χ1n) is 5.60. The third-order valence-corrected chi connectivity index (χ3v) is 3.26. The van der Waals surface area contributed by atoms with Gasteiger partial charge in [-0.15, -0.1) is 0 Å². The fraction of sp³-hybridized carbons (Fsp3) is 0.462. The Labute approximate surface area is 103 Å². The van der Waals surface area contributed by atoms with Crippen LogP contribution in [0.1, 0.15) is 40.2 Å². The standard InChI is InChI=1S/C13H13F3O2/c1-7-3-8(9-5-13(15,16)6-9)4-10(14)11(7)12(17)18-2/h3-4,9H,5-6H2,1-2H3. The maximum atomic E-state index is 13.8. The molecule has 2 nitrogen and oxygen atoms in total. The summed E-state index contributed by atoms with van der Waals surface area (Å²) in [4.78, 5) is 11.3. The molecule has 5 heteroatoms. The zero-order valence-electron chi connectivity index (χ0n) is 10.1. The molecule has 18 heavy (non-hydrogen) atoms. The summed E-state index contributed by atoms with van der Waals surface area (Å²) in [5, 5.41) is 0. The Balaban J connectivity index is 2.29. The minimum absolute atomic E-state index is 0.132. The lowest BCUT2D eigenvalue weighted by Crippen LogP contribution is -2.33. The second kappa shape index (κ2) is 4.30. The zero-order valence-corrected chi connectivity index (χ0v) is 10.1. The van der Waals surface area contributed by atoms with Crippen molar-refractivity contribution >= 4 is 5.97 Å². The number of hydrogen-bond acceptors (Lipinski definition) is 2. The summed E-state index contributed by atoms with van der Waals surface area (Å²) in [6.45, 7) is 1.57. The third-order valence-electron chi connectivity index (χ3n) is 3.26. The summed E-state index contributed by atoms with van der Waals surface area (Å²) in [6.07, 6.45) is -0.521. The van der Waals surface area contributed by atoms with Crippen molar-refractivity contribution in [3.8, 4) is 0 Å². The van der Waals surface area contributed by atoms with E-state index in [0.717, 1.165) is 6.07 Å². The highest BCUT2D eigenvalue weighted by Gasteiger charge is 2.46. The van der Waals surface area contributed by atoms with E-state index in [1.54, 1.807) is 13.0 Å². The van der Waals surface area contributed by atoms with Crippen molar-refractivity contribution in [1.29, 1.82) is 0 Å². The Morgan fingerprint density at radius 1 is 1.39 bits per heavy atom. The van der Waals surface area contributed by atoms with Gasteiger partial charge in [-0.2, -0.15) is 0 Å². The molecule has 0 aromatic heterocycles. The molecule has 0 heterocycles. The summed E-state index contributed by atoms with van der Waals surface area (Å²) < 4.78 is 43.8. The number of alkyl halides is 2. The van der Waals surface area contributed by atoms with Crippen molar-refractivity contribution in [2.45, 2.75) is 31.6 Å². The van der Waals surface area contributed by atoms with Gasteiger partial charge in [0.05, 0.1) is 12.7 Å². The van der Waals surface area contributed by atoms with Crippen LogP contribution in [-0.2, 0) is 4.74 Å². The first kappa shape index (κ1) is 12.9. The molecule has 2 rings (SSSR count). The Hall–Kier alpha value is -1.52. The van der Waals surface area contributed by atoms with Crippen molar-refractivity contribution in [2.24, 2.45) is 0 Å². The van der Waals surface area contributed by atoms with E-state index in [9.17, 15) is 18.0 Å². The molecule has 1 aliphatic carbocycles. The van der Waals surface area contributed by atoms with Gasteiger partial charge in [0, 0.05) is 12.8 Å². The average molecular weight is 258 g/mol. The smallest absolute Gasteiger partial charge is 0.341 e. The molecular formula is C13H13F3O2. The van der Waals surface area contributed by atoms with Gasteiger partial charge in [-0.1, -0.05) is 6.07 Å². The molecule has 0 N–H and O–H groups in total. The molecule has 1 fully saturated rings. The molecule has 0 radical (unpaired) electrons. The zero-order chi connectivity index (χ0) is 13.5. The number of carbonyl (C=O) groups is 1. The van der Waals surface area contributed by atoms with Gasteiger partial charge >= 0.3 is 5.97 Å². The summed E-state index contributed by atoms with van der Waals surface area (Å²) >= 11 is 0. The van der Waals surface area contributed by atoms with Gasteiger partial charge in [-0.25, -0.2) is 18.0 Å². The van der Waals surface area contributed by atoms with Crippen molar-refractivity contribution in [3.05, 3.63) is 34.6 Å². The third kappa shape index (κ3) is 2.21. The Morgan fingerprint density at radius 3 is 2.44 bits per heavy atom. The lowest BCUT2D eigenvalue weighted by atomic mass is 9.76. The number of benzene rings is 1. The molecule has 0 atom stereocenters. The van der Waals surface area contributed by atoms with E-state index in [0.29, 0.717) is 11.1 Å². The minimum atomic E-state index is -2.64. The molecule has 1 saturated carbocycles. The topological polar surface area (TPSA) is 26.3 Å². The van der Waals surface area contributed by atoms with E-state index in [1.807, 2.05) is 0 Å². The van der Waals surface area contributed by atoms with Gasteiger partial charge in [-0.05, 0) is 30.0 Å². The van der Waals surface area contributed by atoms with Gasteiger partial charge in [0.15, 0.2) is 0 Å². The van der Waals surface area contributed by atoms with E-state index >= 15 is 0 Å². The Morgan fingerprint density at radius 2 is 2.00 bits per heavy atom. The highest BCUT2D eigenvalue weighted by Crippen LogP contribution is 2.48. The van der Waals surface area contributed by atoms with Crippen LogP contribution in [0.2, 0.25) is 0 Å². The van der Waals surface area contributed by atoms with Gasteiger partial charge in [0.2, 0.25) is 5.92 Å². The van der Waals surface area contributed by atoms with Gasteiger partial charge in [-0.3, -0.25) is 0 Å². The number of carbonyl (C=O) groups excluding carboxylic acids is 1. The largest absolute Gasteiger partial charge is 0.465 e. The molecule has 98 valence electrons. The fourth-order valence-electron chi connectivity index (χ4n) is 2.26. The van der Waals surface area contributed by atoms with Crippen molar-refractivity contribution in [3.63, 3.8) is 0 Å². The van der Waals surface area contributed by atoms with Gasteiger partial charge in [0.1, 0.15) is 5.82 Å². The van der Waals surface area contributed by atoms with Crippen LogP contribution in [-0.4, -0.2) is 19.0 Å². The Bertz CT molecular complexity index is 466. The van der Waals surface area contributed by atoms with Gasteiger partial charge < -0.3 is 4.74 Å². The second-order valence-electron chi connectivity index (χ2n) is 4.65. The van der Waals surface area contributed by atoms with Crippen LogP contribution in [0.15, 0.2) is 12.1 Å². The Kier molecular flexibility index (Phi) is 3.09. The monoisotopic (exact) mass is 258 g/mol. The number of aryl methyl sites for hydroxylation is 1. The van der Waals surface area contributed by atoms with E-state index < -0.39 is 17.7 Å². The normalized spacial score (nSPS) is 18.3. The van der Waals surface area contributed by atoms with Crippen molar-refractivity contribution in [1.82, 2.24) is 0 Å². The number of methoxy groups -OCH3 is 1. The van der Waals surface area contributed by atoms with Crippen LogP contribution in [0.3, 0.4) is 0 Å². The van der Waals surface area contributed by atoms with Crippen LogP contribution in [0, 0.1) is 12.7 Å². The van der Waals surface area contributed by atoms with Crippen LogP contribution >= 0.6 is 0 Å². The molecular weight excluding hydrogens is 245 g/mol. The second-order valence-corrected chi connectivity index (χ2v) is 4.65. The predicted molar refractivity (Wildman–Crippen MR) is 59.4 cm³/mol. The lowest BCUT2D eigenvalue weighted by Gasteiger charge is -2.35. The summed E-state index contributed by atoms with van der Waals surface area (Å²) in [6, 6.07) is 2.73. The molecule has 0 saturated heterocycles. The van der Waals surface area contributed by atoms with Crippen LogP contribution in [0.25, 0.3) is 0 Å². The minimum Gasteiger partial charge on any atom is -0.465 e. The molecule has 0 unspecified atom stereocenters. The quantitative estimate of drug-likeness (QED) is 0.760. The van der Waals surface area contributed by atoms with E-state index in [1.165, 1.54) is 7.11 Å². The lowest BCUT2D eigenvalue weighted by molar-refractivity contribution is -0.0868. The van der Waals surface area contributed by atoms with Gasteiger partial charge in [0.25, 0.3) is 0 Å². The molecule has 1 aromatic carbocycles.